The molecule has 0 atom stereocenters. The number of carbonyl (C=O) groups excluding carboxylic acids is 1. The fourth-order valence-corrected chi connectivity index (χ4v) is 2.14. The molecule has 0 fully saturated rings. The predicted molar refractivity (Wildman–Crippen MR) is 82.0 cm³/mol. The molecule has 22 heavy (non-hydrogen) atoms. The zero-order valence-electron chi connectivity index (χ0n) is 11.8. The second-order valence-corrected chi connectivity index (χ2v) is 4.79. The van der Waals surface area contributed by atoms with Gasteiger partial charge >= 0.3 is 0 Å². The Morgan fingerprint density at radius 1 is 1.05 bits per heavy atom. The van der Waals surface area contributed by atoms with Gasteiger partial charge in [-0.1, -0.05) is 12.1 Å². The van der Waals surface area contributed by atoms with E-state index < -0.39 is 0 Å². The normalized spacial score (nSPS) is 12.9. The van der Waals surface area contributed by atoms with Gasteiger partial charge in [-0.25, -0.2) is 0 Å². The maximum absolute atomic E-state index is 12.1. The smallest absolute Gasteiger partial charge is 0.185 e. The van der Waals surface area contributed by atoms with Crippen LogP contribution < -0.4 is 9.47 Å². The standard InChI is InChI=1S/C18H13NO3/c19-12-14-1-5-15(6-2-14)16(20)7-3-13-4-8-17-18(11-13)22-10-9-21-17/h1-8,11H,9-10H2. The minimum atomic E-state index is -0.112. The first kappa shape index (κ1) is 13.9. The molecule has 2 aromatic carbocycles. The van der Waals surface area contributed by atoms with Crippen molar-refractivity contribution in [3.05, 3.63) is 65.2 Å². The first-order valence-corrected chi connectivity index (χ1v) is 6.88. The van der Waals surface area contributed by atoms with Crippen LogP contribution in [0.4, 0.5) is 0 Å². The van der Waals surface area contributed by atoms with Crippen LogP contribution in [0.15, 0.2) is 48.5 Å². The van der Waals surface area contributed by atoms with E-state index in [0.717, 1.165) is 11.3 Å². The number of nitriles is 1. The van der Waals surface area contributed by atoms with Crippen molar-refractivity contribution in [2.45, 2.75) is 0 Å². The van der Waals surface area contributed by atoms with Crippen molar-refractivity contribution in [1.82, 2.24) is 0 Å². The summed E-state index contributed by atoms with van der Waals surface area (Å²) < 4.78 is 11.0. The molecular formula is C18H13NO3. The number of benzene rings is 2. The van der Waals surface area contributed by atoms with Crippen molar-refractivity contribution in [2.75, 3.05) is 13.2 Å². The van der Waals surface area contributed by atoms with Crippen LogP contribution in [0, 0.1) is 11.3 Å². The lowest BCUT2D eigenvalue weighted by Gasteiger charge is -2.18. The van der Waals surface area contributed by atoms with Gasteiger partial charge in [-0.3, -0.25) is 4.79 Å². The van der Waals surface area contributed by atoms with Crippen LogP contribution in [-0.2, 0) is 0 Å². The number of allylic oxidation sites excluding steroid dienone is 1. The summed E-state index contributed by atoms with van der Waals surface area (Å²) in [7, 11) is 0. The number of hydrogen-bond acceptors (Lipinski definition) is 4. The molecule has 0 spiro atoms. The molecule has 0 bridgehead atoms. The van der Waals surface area contributed by atoms with Crippen molar-refractivity contribution in [3.63, 3.8) is 0 Å². The summed E-state index contributed by atoms with van der Waals surface area (Å²) in [6.45, 7) is 1.09. The molecular weight excluding hydrogens is 278 g/mol. The van der Waals surface area contributed by atoms with Gasteiger partial charge in [0.25, 0.3) is 0 Å². The summed E-state index contributed by atoms with van der Waals surface area (Å²) in [4.78, 5) is 12.1. The van der Waals surface area contributed by atoms with Crippen LogP contribution >= 0.6 is 0 Å². The van der Waals surface area contributed by atoms with Crippen LogP contribution in [0.2, 0.25) is 0 Å². The molecule has 0 radical (unpaired) electrons. The Balaban J connectivity index is 1.75. The molecule has 0 amide bonds. The molecule has 0 aliphatic carbocycles. The van der Waals surface area contributed by atoms with Crippen molar-refractivity contribution < 1.29 is 14.3 Å². The van der Waals surface area contributed by atoms with E-state index >= 15 is 0 Å². The first-order chi connectivity index (χ1) is 10.8. The van der Waals surface area contributed by atoms with E-state index in [1.807, 2.05) is 24.3 Å². The SMILES string of the molecule is N#Cc1ccc(C(=O)C=Cc2ccc3c(c2)OCCO3)cc1. The average molecular weight is 291 g/mol. The fraction of sp³-hybridized carbons (Fsp3) is 0.111. The highest BCUT2D eigenvalue weighted by molar-refractivity contribution is 6.06. The van der Waals surface area contributed by atoms with Gasteiger partial charge in [0.15, 0.2) is 17.3 Å². The molecule has 0 aromatic heterocycles. The van der Waals surface area contributed by atoms with Crippen molar-refractivity contribution in [1.29, 1.82) is 5.26 Å². The van der Waals surface area contributed by atoms with Crippen LogP contribution in [0.5, 0.6) is 11.5 Å². The van der Waals surface area contributed by atoms with Crippen molar-refractivity contribution in [2.24, 2.45) is 0 Å². The third-order valence-corrected chi connectivity index (χ3v) is 3.29. The monoisotopic (exact) mass is 291 g/mol. The summed E-state index contributed by atoms with van der Waals surface area (Å²) in [6, 6.07) is 14.1. The topological polar surface area (TPSA) is 59.3 Å². The van der Waals surface area contributed by atoms with E-state index in [2.05, 4.69) is 0 Å². The van der Waals surface area contributed by atoms with E-state index in [-0.39, 0.29) is 5.78 Å². The van der Waals surface area contributed by atoms with Crippen LogP contribution in [0.25, 0.3) is 6.08 Å². The predicted octanol–water partition coefficient (Wildman–Crippen LogP) is 3.23. The molecule has 2 aromatic rings. The number of nitrogens with zero attached hydrogens (tertiary/aromatic N) is 1. The summed E-state index contributed by atoms with van der Waals surface area (Å²) in [5.74, 6) is 1.31. The average Bonchev–Trinajstić information content (AvgIpc) is 2.59. The number of ether oxygens (including phenoxy) is 2. The summed E-state index contributed by atoms with van der Waals surface area (Å²) in [6.07, 6.45) is 3.24. The Morgan fingerprint density at radius 2 is 1.77 bits per heavy atom. The van der Waals surface area contributed by atoms with Gasteiger partial charge in [-0.05, 0) is 48.0 Å². The third kappa shape index (κ3) is 2.99. The number of carbonyl (C=O) groups is 1. The zero-order valence-corrected chi connectivity index (χ0v) is 11.8. The lowest BCUT2D eigenvalue weighted by Crippen LogP contribution is -2.15. The molecule has 3 rings (SSSR count). The van der Waals surface area contributed by atoms with E-state index in [0.29, 0.717) is 30.1 Å². The van der Waals surface area contributed by atoms with Gasteiger partial charge in [-0.2, -0.15) is 5.26 Å². The molecule has 1 aliphatic rings. The zero-order chi connectivity index (χ0) is 15.4. The minimum Gasteiger partial charge on any atom is -0.486 e. The van der Waals surface area contributed by atoms with E-state index in [4.69, 9.17) is 14.7 Å². The molecule has 1 aliphatic heterocycles. The van der Waals surface area contributed by atoms with Crippen LogP contribution in [0.3, 0.4) is 0 Å². The molecule has 4 heteroatoms. The fourth-order valence-electron chi connectivity index (χ4n) is 2.14. The molecule has 0 saturated carbocycles. The van der Waals surface area contributed by atoms with Crippen LogP contribution in [-0.4, -0.2) is 19.0 Å². The summed E-state index contributed by atoms with van der Waals surface area (Å²) in [5.41, 5.74) is 1.95. The third-order valence-electron chi connectivity index (χ3n) is 3.29. The lowest BCUT2D eigenvalue weighted by atomic mass is 10.1. The van der Waals surface area contributed by atoms with Gasteiger partial charge in [0, 0.05) is 5.56 Å². The molecule has 4 nitrogen and oxygen atoms in total. The number of rotatable bonds is 3. The van der Waals surface area contributed by atoms with Gasteiger partial charge in [-0.15, -0.1) is 0 Å². The number of hydrogen-bond donors (Lipinski definition) is 0. The Kier molecular flexibility index (Phi) is 3.88. The van der Waals surface area contributed by atoms with Gasteiger partial charge in [0.05, 0.1) is 11.6 Å². The highest BCUT2D eigenvalue weighted by Gasteiger charge is 2.10. The Hall–Kier alpha value is -3.06. The van der Waals surface area contributed by atoms with Gasteiger partial charge < -0.3 is 9.47 Å². The van der Waals surface area contributed by atoms with Crippen LogP contribution in [0.1, 0.15) is 21.5 Å². The number of ketones is 1. The summed E-state index contributed by atoms with van der Waals surface area (Å²) >= 11 is 0. The molecule has 0 N–H and O–H groups in total. The van der Waals surface area contributed by atoms with E-state index in [9.17, 15) is 4.79 Å². The Bertz CT molecular complexity index is 770. The second kappa shape index (κ2) is 6.15. The summed E-state index contributed by atoms with van der Waals surface area (Å²) in [5, 5.41) is 8.75. The number of fused-ring (bicyclic) bond motifs is 1. The highest BCUT2D eigenvalue weighted by Crippen LogP contribution is 2.31. The molecule has 108 valence electrons. The maximum Gasteiger partial charge on any atom is 0.185 e. The Morgan fingerprint density at radius 3 is 2.50 bits per heavy atom. The Labute approximate surface area is 128 Å². The first-order valence-electron chi connectivity index (χ1n) is 6.88. The van der Waals surface area contributed by atoms with E-state index in [1.54, 1.807) is 30.3 Å². The quantitative estimate of drug-likeness (QED) is 0.643. The largest absolute Gasteiger partial charge is 0.486 e. The molecule has 0 unspecified atom stereocenters. The van der Waals surface area contributed by atoms with Crippen molar-refractivity contribution in [3.8, 4) is 17.6 Å². The molecule has 1 heterocycles. The maximum atomic E-state index is 12.1. The highest BCUT2D eigenvalue weighted by atomic mass is 16.6. The van der Waals surface area contributed by atoms with Crippen molar-refractivity contribution >= 4 is 11.9 Å². The lowest BCUT2D eigenvalue weighted by molar-refractivity contribution is 0.104. The van der Waals surface area contributed by atoms with Gasteiger partial charge in [0.1, 0.15) is 13.2 Å². The van der Waals surface area contributed by atoms with Gasteiger partial charge in [0.2, 0.25) is 0 Å². The second-order valence-electron chi connectivity index (χ2n) is 4.79. The minimum absolute atomic E-state index is 0.112. The van der Waals surface area contributed by atoms with E-state index in [1.165, 1.54) is 6.08 Å². The molecule has 0 saturated heterocycles.